The molecule has 20 heavy (non-hydrogen) atoms. The van der Waals surface area contributed by atoms with E-state index in [1.165, 1.54) is 24.8 Å². The second kappa shape index (κ2) is 7.09. The molecule has 1 aliphatic heterocycles. The topological polar surface area (TPSA) is 38.5 Å². The molecule has 1 fully saturated rings. The van der Waals surface area contributed by atoms with Crippen LogP contribution >= 0.6 is 0 Å². The van der Waals surface area contributed by atoms with E-state index in [0.717, 1.165) is 18.7 Å². The molecular formula is C17H28N2O. The van der Waals surface area contributed by atoms with Crippen LogP contribution < -0.4 is 10.5 Å². The van der Waals surface area contributed by atoms with Crippen molar-refractivity contribution in [2.45, 2.75) is 57.7 Å². The number of hydrogen-bond acceptors (Lipinski definition) is 3. The lowest BCUT2D eigenvalue weighted by atomic mass is 9.91. The predicted molar refractivity (Wildman–Crippen MR) is 84.0 cm³/mol. The van der Waals surface area contributed by atoms with Crippen LogP contribution in [0.15, 0.2) is 24.3 Å². The molecule has 0 bridgehead atoms. The molecule has 0 saturated carbocycles. The molecule has 1 aromatic rings. The molecule has 0 aromatic heterocycles. The van der Waals surface area contributed by atoms with E-state index in [4.69, 9.17) is 10.5 Å². The Morgan fingerprint density at radius 1 is 1.30 bits per heavy atom. The van der Waals surface area contributed by atoms with Crippen molar-refractivity contribution in [2.24, 2.45) is 5.73 Å². The largest absolute Gasteiger partial charge is 0.497 e. The first-order chi connectivity index (χ1) is 9.67. The third-order valence-electron chi connectivity index (χ3n) is 4.55. The van der Waals surface area contributed by atoms with Gasteiger partial charge in [0.15, 0.2) is 0 Å². The molecule has 2 N–H and O–H groups in total. The number of methoxy groups -OCH3 is 1. The summed E-state index contributed by atoms with van der Waals surface area (Å²) in [5, 5.41) is 0. The SMILES string of the molecule is CCC(N)C(c1ccc(OC)cc1)N1CCCCC1C. The van der Waals surface area contributed by atoms with Gasteiger partial charge in [-0.1, -0.05) is 25.5 Å². The maximum atomic E-state index is 6.44. The van der Waals surface area contributed by atoms with Crippen molar-refractivity contribution in [1.82, 2.24) is 4.90 Å². The van der Waals surface area contributed by atoms with Crippen LogP contribution in [0.2, 0.25) is 0 Å². The first-order valence-electron chi connectivity index (χ1n) is 7.82. The van der Waals surface area contributed by atoms with Gasteiger partial charge in [0, 0.05) is 12.1 Å². The fourth-order valence-electron chi connectivity index (χ4n) is 3.24. The zero-order valence-corrected chi connectivity index (χ0v) is 13.0. The van der Waals surface area contributed by atoms with Crippen molar-refractivity contribution < 1.29 is 4.74 Å². The minimum atomic E-state index is 0.184. The average Bonchev–Trinajstić information content (AvgIpc) is 2.50. The minimum absolute atomic E-state index is 0.184. The van der Waals surface area contributed by atoms with Crippen molar-refractivity contribution in [3.8, 4) is 5.75 Å². The standard InChI is InChI=1S/C17H28N2O/c1-4-16(18)17(19-12-6-5-7-13(19)2)14-8-10-15(20-3)11-9-14/h8-11,13,16-17H,4-7,12,18H2,1-3H3. The van der Waals surface area contributed by atoms with Crippen LogP contribution in [0.5, 0.6) is 5.75 Å². The van der Waals surface area contributed by atoms with Crippen LogP contribution in [0, 0.1) is 0 Å². The van der Waals surface area contributed by atoms with Gasteiger partial charge in [0.05, 0.1) is 13.2 Å². The number of nitrogens with two attached hydrogens (primary N) is 1. The normalized spacial score (nSPS) is 23.3. The van der Waals surface area contributed by atoms with Crippen molar-refractivity contribution >= 4 is 0 Å². The number of hydrogen-bond donors (Lipinski definition) is 1. The summed E-state index contributed by atoms with van der Waals surface area (Å²) in [6, 6.07) is 9.54. The summed E-state index contributed by atoms with van der Waals surface area (Å²) in [6.07, 6.45) is 4.91. The van der Waals surface area contributed by atoms with E-state index < -0.39 is 0 Å². The summed E-state index contributed by atoms with van der Waals surface area (Å²) in [7, 11) is 1.71. The maximum absolute atomic E-state index is 6.44. The summed E-state index contributed by atoms with van der Waals surface area (Å²) < 4.78 is 5.26. The summed E-state index contributed by atoms with van der Waals surface area (Å²) in [6.45, 7) is 5.67. The summed E-state index contributed by atoms with van der Waals surface area (Å²) in [5.41, 5.74) is 7.75. The van der Waals surface area contributed by atoms with Gasteiger partial charge in [-0.3, -0.25) is 4.90 Å². The summed E-state index contributed by atoms with van der Waals surface area (Å²) in [4.78, 5) is 2.60. The second-order valence-corrected chi connectivity index (χ2v) is 5.87. The van der Waals surface area contributed by atoms with Crippen molar-refractivity contribution in [2.75, 3.05) is 13.7 Å². The van der Waals surface area contributed by atoms with Gasteiger partial charge in [0.1, 0.15) is 5.75 Å². The lowest BCUT2D eigenvalue weighted by Gasteiger charge is -2.42. The van der Waals surface area contributed by atoms with Gasteiger partial charge in [-0.25, -0.2) is 0 Å². The molecule has 3 atom stereocenters. The maximum Gasteiger partial charge on any atom is 0.118 e. The predicted octanol–water partition coefficient (Wildman–Crippen LogP) is 3.35. The molecular weight excluding hydrogens is 248 g/mol. The Hall–Kier alpha value is -1.06. The highest BCUT2D eigenvalue weighted by molar-refractivity contribution is 5.30. The van der Waals surface area contributed by atoms with Crippen molar-refractivity contribution in [3.63, 3.8) is 0 Å². The molecule has 1 aromatic carbocycles. The minimum Gasteiger partial charge on any atom is -0.497 e. The third kappa shape index (κ3) is 3.33. The Morgan fingerprint density at radius 2 is 2.00 bits per heavy atom. The Bertz CT molecular complexity index is 404. The Balaban J connectivity index is 2.25. The number of piperidine rings is 1. The van der Waals surface area contributed by atoms with E-state index in [2.05, 4.69) is 30.9 Å². The van der Waals surface area contributed by atoms with Gasteiger partial charge in [0.2, 0.25) is 0 Å². The first-order valence-corrected chi connectivity index (χ1v) is 7.82. The first kappa shape index (κ1) is 15.3. The molecule has 2 rings (SSSR count). The second-order valence-electron chi connectivity index (χ2n) is 5.87. The average molecular weight is 276 g/mol. The highest BCUT2D eigenvalue weighted by atomic mass is 16.5. The fourth-order valence-corrected chi connectivity index (χ4v) is 3.24. The Morgan fingerprint density at radius 3 is 2.55 bits per heavy atom. The van der Waals surface area contributed by atoms with Crippen molar-refractivity contribution in [3.05, 3.63) is 29.8 Å². The van der Waals surface area contributed by atoms with E-state index in [9.17, 15) is 0 Å². The Kier molecular flexibility index (Phi) is 5.44. The van der Waals surface area contributed by atoms with Crippen LogP contribution in [0.1, 0.15) is 51.1 Å². The Labute approximate surface area is 123 Å². The highest BCUT2D eigenvalue weighted by Crippen LogP contribution is 2.32. The fraction of sp³-hybridized carbons (Fsp3) is 0.647. The van der Waals surface area contributed by atoms with Gasteiger partial charge in [-0.2, -0.15) is 0 Å². The van der Waals surface area contributed by atoms with Crippen LogP contribution in [0.25, 0.3) is 0 Å². The molecule has 3 nitrogen and oxygen atoms in total. The molecule has 0 spiro atoms. The van der Waals surface area contributed by atoms with E-state index in [0.29, 0.717) is 12.1 Å². The zero-order chi connectivity index (χ0) is 14.5. The van der Waals surface area contributed by atoms with Crippen LogP contribution in [-0.2, 0) is 0 Å². The molecule has 0 amide bonds. The monoisotopic (exact) mass is 276 g/mol. The zero-order valence-electron chi connectivity index (χ0n) is 13.0. The number of ether oxygens (including phenoxy) is 1. The molecule has 1 aliphatic rings. The van der Waals surface area contributed by atoms with Gasteiger partial charge in [-0.05, 0) is 50.4 Å². The number of likely N-dealkylation sites (tertiary alicyclic amines) is 1. The lowest BCUT2D eigenvalue weighted by molar-refractivity contribution is 0.0880. The quantitative estimate of drug-likeness (QED) is 0.896. The third-order valence-corrected chi connectivity index (χ3v) is 4.55. The number of nitrogens with zero attached hydrogens (tertiary/aromatic N) is 1. The number of benzene rings is 1. The van der Waals surface area contributed by atoms with Crippen LogP contribution in [0.4, 0.5) is 0 Å². The van der Waals surface area contributed by atoms with Gasteiger partial charge >= 0.3 is 0 Å². The van der Waals surface area contributed by atoms with Crippen LogP contribution in [-0.4, -0.2) is 30.6 Å². The van der Waals surface area contributed by atoms with Crippen LogP contribution in [0.3, 0.4) is 0 Å². The molecule has 3 heteroatoms. The molecule has 1 saturated heterocycles. The molecule has 1 heterocycles. The molecule has 0 radical (unpaired) electrons. The summed E-state index contributed by atoms with van der Waals surface area (Å²) in [5.74, 6) is 0.907. The number of rotatable bonds is 5. The van der Waals surface area contributed by atoms with Gasteiger partial charge in [0.25, 0.3) is 0 Å². The van der Waals surface area contributed by atoms with E-state index >= 15 is 0 Å². The molecule has 3 unspecified atom stereocenters. The van der Waals surface area contributed by atoms with E-state index in [1.807, 2.05) is 12.1 Å². The molecule has 112 valence electrons. The van der Waals surface area contributed by atoms with E-state index in [-0.39, 0.29) is 6.04 Å². The van der Waals surface area contributed by atoms with Gasteiger partial charge in [-0.15, -0.1) is 0 Å². The van der Waals surface area contributed by atoms with E-state index in [1.54, 1.807) is 7.11 Å². The lowest BCUT2D eigenvalue weighted by Crippen LogP contribution is -2.47. The molecule has 0 aliphatic carbocycles. The summed E-state index contributed by atoms with van der Waals surface area (Å²) >= 11 is 0. The smallest absolute Gasteiger partial charge is 0.118 e. The highest BCUT2D eigenvalue weighted by Gasteiger charge is 2.30. The van der Waals surface area contributed by atoms with Gasteiger partial charge < -0.3 is 10.5 Å². The van der Waals surface area contributed by atoms with Crippen molar-refractivity contribution in [1.29, 1.82) is 0 Å².